The van der Waals surface area contributed by atoms with E-state index < -0.39 is 44.3 Å². The van der Waals surface area contributed by atoms with Gasteiger partial charge in [-0.2, -0.15) is 4.31 Å². The average molecular weight is 617 g/mol. The third kappa shape index (κ3) is 5.89. The Morgan fingerprint density at radius 1 is 0.868 bits per heavy atom. The van der Waals surface area contributed by atoms with Crippen molar-refractivity contribution in [2.75, 3.05) is 11.4 Å². The van der Waals surface area contributed by atoms with Crippen LogP contribution in [0.5, 0.6) is 0 Å². The average Bonchev–Trinajstić information content (AvgIpc) is 3.14. The minimum absolute atomic E-state index is 0.0846. The highest BCUT2D eigenvalue weighted by Gasteiger charge is 2.47. The highest BCUT2D eigenvalue weighted by molar-refractivity contribution is 7.89. The molecule has 3 aromatic carbocycles. The first-order valence-electron chi connectivity index (χ1n) is 11.0. The van der Waals surface area contributed by atoms with E-state index in [1.54, 1.807) is 0 Å². The second-order valence-electron chi connectivity index (χ2n) is 8.39. The van der Waals surface area contributed by atoms with Crippen molar-refractivity contribution in [3.63, 3.8) is 0 Å². The van der Waals surface area contributed by atoms with Gasteiger partial charge in [-0.15, -0.1) is 0 Å². The molecule has 1 saturated heterocycles. The monoisotopic (exact) mass is 615 g/mol. The maximum absolute atomic E-state index is 13.8. The number of sulfonamides is 2. The smallest absolute Gasteiger partial charge is 0.252 e. The Morgan fingerprint density at radius 2 is 1.47 bits per heavy atom. The number of amides is 2. The van der Waals surface area contributed by atoms with E-state index in [0.29, 0.717) is 10.6 Å². The zero-order valence-corrected chi connectivity index (χ0v) is 23.3. The molecule has 1 fully saturated rings. The minimum atomic E-state index is -4.43. The lowest BCUT2D eigenvalue weighted by Crippen LogP contribution is -2.46. The van der Waals surface area contributed by atoms with Gasteiger partial charge in [0, 0.05) is 16.6 Å². The van der Waals surface area contributed by atoms with Crippen LogP contribution in [0.4, 0.5) is 5.69 Å². The lowest BCUT2D eigenvalue weighted by molar-refractivity contribution is -0.122. The molecule has 1 atom stereocenters. The number of primary sulfonamides is 1. The summed E-state index contributed by atoms with van der Waals surface area (Å²) in [6.45, 7) is -0.224. The standard InChI is InChI=1S/C24H20Cl3N3O6S2/c25-16-3-6-18(7-4-16)30-23(31)14-21(24(30)32)29(38(35,36)22-13-17(26)5-10-20(22)27)12-11-15-1-8-19(9-2-15)37(28,33)34/h1-10,13,21H,11-12,14H2,(H2,28,33,34). The molecule has 0 spiro atoms. The van der Waals surface area contributed by atoms with Crippen molar-refractivity contribution in [3.8, 4) is 0 Å². The maximum atomic E-state index is 13.8. The van der Waals surface area contributed by atoms with Gasteiger partial charge in [0.15, 0.2) is 0 Å². The van der Waals surface area contributed by atoms with Gasteiger partial charge in [0.2, 0.25) is 26.0 Å². The molecule has 0 aliphatic carbocycles. The Morgan fingerprint density at radius 3 is 2.08 bits per heavy atom. The lowest BCUT2D eigenvalue weighted by Gasteiger charge is -2.27. The molecule has 1 unspecified atom stereocenters. The largest absolute Gasteiger partial charge is 0.274 e. The highest BCUT2D eigenvalue weighted by atomic mass is 35.5. The van der Waals surface area contributed by atoms with Crippen LogP contribution in [0.15, 0.2) is 76.5 Å². The van der Waals surface area contributed by atoms with Crippen LogP contribution in [-0.2, 0) is 36.1 Å². The van der Waals surface area contributed by atoms with E-state index in [2.05, 4.69) is 0 Å². The number of rotatable bonds is 8. The number of carbonyl (C=O) groups is 2. The molecule has 0 saturated carbocycles. The molecule has 4 rings (SSSR count). The number of nitrogens with two attached hydrogens (primary N) is 1. The number of anilines is 1. The predicted molar refractivity (Wildman–Crippen MR) is 144 cm³/mol. The third-order valence-corrected chi connectivity index (χ3v) is 9.71. The summed E-state index contributed by atoms with van der Waals surface area (Å²) >= 11 is 18.2. The molecular weight excluding hydrogens is 597 g/mol. The van der Waals surface area contributed by atoms with E-state index in [0.717, 1.165) is 9.21 Å². The van der Waals surface area contributed by atoms with E-state index in [4.69, 9.17) is 39.9 Å². The summed E-state index contributed by atoms with van der Waals surface area (Å²) in [5.41, 5.74) is 0.824. The fraction of sp³-hybridized carbons (Fsp3) is 0.167. The molecule has 9 nitrogen and oxygen atoms in total. The number of hydrogen-bond donors (Lipinski definition) is 1. The van der Waals surface area contributed by atoms with Gasteiger partial charge >= 0.3 is 0 Å². The molecule has 1 aliphatic rings. The summed E-state index contributed by atoms with van der Waals surface area (Å²) in [5, 5.41) is 5.54. The summed E-state index contributed by atoms with van der Waals surface area (Å²) in [4.78, 5) is 26.9. The molecule has 2 amide bonds. The van der Waals surface area contributed by atoms with Crippen molar-refractivity contribution in [1.82, 2.24) is 4.31 Å². The lowest BCUT2D eigenvalue weighted by atomic mass is 10.1. The molecule has 38 heavy (non-hydrogen) atoms. The second kappa shape index (κ2) is 10.9. The molecule has 1 heterocycles. The first kappa shape index (κ1) is 28.5. The minimum Gasteiger partial charge on any atom is -0.274 e. The van der Waals surface area contributed by atoms with Gasteiger partial charge < -0.3 is 0 Å². The van der Waals surface area contributed by atoms with Gasteiger partial charge in [-0.25, -0.2) is 26.9 Å². The van der Waals surface area contributed by atoms with Crippen LogP contribution < -0.4 is 10.0 Å². The molecular formula is C24H20Cl3N3O6S2. The van der Waals surface area contributed by atoms with Gasteiger partial charge in [-0.3, -0.25) is 9.59 Å². The highest BCUT2D eigenvalue weighted by Crippen LogP contribution is 2.33. The molecule has 0 radical (unpaired) electrons. The van der Waals surface area contributed by atoms with Crippen molar-refractivity contribution >= 4 is 72.4 Å². The second-order valence-corrected chi connectivity index (χ2v) is 13.1. The molecule has 0 bridgehead atoms. The van der Waals surface area contributed by atoms with Gasteiger partial charge in [0.25, 0.3) is 5.91 Å². The van der Waals surface area contributed by atoms with Crippen LogP contribution in [0.1, 0.15) is 12.0 Å². The Balaban J connectivity index is 1.71. The molecule has 200 valence electrons. The first-order chi connectivity index (χ1) is 17.8. The van der Waals surface area contributed by atoms with Crippen LogP contribution in [-0.4, -0.2) is 45.5 Å². The number of carbonyl (C=O) groups excluding carboxylic acids is 2. The van der Waals surface area contributed by atoms with E-state index in [1.165, 1.54) is 66.7 Å². The fourth-order valence-corrected chi connectivity index (χ4v) is 6.99. The molecule has 14 heteroatoms. The number of imide groups is 1. The van der Waals surface area contributed by atoms with Gasteiger partial charge in [-0.1, -0.05) is 46.9 Å². The molecule has 3 aromatic rings. The Labute approximate surface area is 234 Å². The van der Waals surface area contributed by atoms with Gasteiger partial charge in [0.05, 0.1) is 22.0 Å². The Hall–Kier alpha value is -2.51. The van der Waals surface area contributed by atoms with Crippen molar-refractivity contribution in [3.05, 3.63) is 87.4 Å². The summed E-state index contributed by atoms with van der Waals surface area (Å²) in [6.07, 6.45) is -0.315. The van der Waals surface area contributed by atoms with Crippen molar-refractivity contribution < 1.29 is 26.4 Å². The van der Waals surface area contributed by atoms with E-state index in [9.17, 15) is 26.4 Å². The van der Waals surface area contributed by atoms with E-state index >= 15 is 0 Å². The first-order valence-corrected chi connectivity index (χ1v) is 15.1. The molecule has 0 aromatic heterocycles. The summed E-state index contributed by atoms with van der Waals surface area (Å²) in [5.74, 6) is -1.32. The van der Waals surface area contributed by atoms with Crippen molar-refractivity contribution in [2.24, 2.45) is 5.14 Å². The SMILES string of the molecule is NS(=O)(=O)c1ccc(CCN(C2CC(=O)N(c3ccc(Cl)cc3)C2=O)S(=O)(=O)c2cc(Cl)ccc2Cl)cc1. The summed E-state index contributed by atoms with van der Waals surface area (Å²) < 4.78 is 51.7. The number of hydrogen-bond acceptors (Lipinski definition) is 6. The van der Waals surface area contributed by atoms with Crippen LogP contribution >= 0.6 is 34.8 Å². The number of benzene rings is 3. The zero-order chi connectivity index (χ0) is 27.8. The van der Waals surface area contributed by atoms with Gasteiger partial charge in [-0.05, 0) is 66.6 Å². The Bertz CT molecular complexity index is 1610. The fourth-order valence-electron chi connectivity index (χ4n) is 4.03. The van der Waals surface area contributed by atoms with Crippen molar-refractivity contribution in [1.29, 1.82) is 0 Å². The number of halogens is 3. The molecule has 1 aliphatic heterocycles. The van der Waals surface area contributed by atoms with Crippen LogP contribution in [0.2, 0.25) is 15.1 Å². The predicted octanol–water partition coefficient (Wildman–Crippen LogP) is 3.86. The quantitative estimate of drug-likeness (QED) is 0.382. The number of nitrogens with zero attached hydrogens (tertiary/aromatic N) is 2. The Kier molecular flexibility index (Phi) is 8.20. The maximum Gasteiger partial charge on any atom is 0.252 e. The van der Waals surface area contributed by atoms with E-state index in [-0.39, 0.29) is 38.5 Å². The third-order valence-electron chi connectivity index (χ3n) is 5.91. The topological polar surface area (TPSA) is 135 Å². The van der Waals surface area contributed by atoms with Crippen molar-refractivity contribution in [2.45, 2.75) is 28.7 Å². The van der Waals surface area contributed by atoms with E-state index in [1.807, 2.05) is 0 Å². The summed E-state index contributed by atoms with van der Waals surface area (Å²) in [6, 6.07) is 14.1. The van der Waals surface area contributed by atoms with Crippen LogP contribution in [0, 0.1) is 0 Å². The zero-order valence-electron chi connectivity index (χ0n) is 19.4. The van der Waals surface area contributed by atoms with Gasteiger partial charge in [0.1, 0.15) is 10.9 Å². The molecule has 2 N–H and O–H groups in total. The van der Waals surface area contributed by atoms with Crippen LogP contribution in [0.3, 0.4) is 0 Å². The summed E-state index contributed by atoms with van der Waals surface area (Å²) in [7, 11) is -8.34. The normalized spacial score (nSPS) is 16.4. The van der Waals surface area contributed by atoms with Crippen LogP contribution in [0.25, 0.3) is 0 Å².